The van der Waals surface area contributed by atoms with E-state index in [1.807, 2.05) is 18.2 Å². The second-order valence-electron chi connectivity index (χ2n) is 6.97. The molecule has 3 rings (SSSR count). The third-order valence-corrected chi connectivity index (χ3v) is 6.53. The lowest BCUT2D eigenvalue weighted by Crippen LogP contribution is -2.39. The van der Waals surface area contributed by atoms with Crippen molar-refractivity contribution >= 4 is 10.0 Å². The Morgan fingerprint density at radius 2 is 1.82 bits per heavy atom. The molecular formula is C20H22F3NO3S. The molecule has 1 unspecified atom stereocenters. The van der Waals surface area contributed by atoms with Crippen LogP contribution < -0.4 is 4.72 Å². The summed E-state index contributed by atoms with van der Waals surface area (Å²) in [7, 11) is -3.90. The fourth-order valence-corrected chi connectivity index (χ4v) is 4.87. The van der Waals surface area contributed by atoms with Gasteiger partial charge < -0.3 is 5.11 Å². The topological polar surface area (TPSA) is 66.4 Å². The molecule has 1 aliphatic carbocycles. The predicted molar refractivity (Wildman–Crippen MR) is 99.4 cm³/mol. The molecule has 1 atom stereocenters. The molecule has 0 radical (unpaired) electrons. The molecule has 0 amide bonds. The molecule has 0 saturated carbocycles. The Balaban J connectivity index is 1.72. The number of nitrogens with one attached hydrogen (secondary N) is 1. The molecule has 1 aliphatic rings. The Labute approximate surface area is 162 Å². The summed E-state index contributed by atoms with van der Waals surface area (Å²) in [5.74, 6) is 0. The highest BCUT2D eigenvalue weighted by atomic mass is 32.2. The second kappa shape index (κ2) is 8.23. The van der Waals surface area contributed by atoms with Gasteiger partial charge in [0.25, 0.3) is 0 Å². The van der Waals surface area contributed by atoms with Gasteiger partial charge in [-0.2, -0.15) is 13.2 Å². The van der Waals surface area contributed by atoms with E-state index in [9.17, 15) is 21.6 Å². The lowest BCUT2D eigenvalue weighted by molar-refractivity contribution is -0.137. The number of halogens is 3. The molecule has 0 fully saturated rings. The van der Waals surface area contributed by atoms with Crippen LogP contribution in [0.25, 0.3) is 0 Å². The number of rotatable bonds is 6. The monoisotopic (exact) mass is 413 g/mol. The van der Waals surface area contributed by atoms with Crippen molar-refractivity contribution in [3.05, 3.63) is 64.7 Å². The standard InChI is InChI=1S/C20H22F3NO3S/c21-20(22,23)16-6-9-18(10-7-16)28(26,27)24-17-8-11-19-14(5-2-12-25)3-1-4-15(19)13-17/h1,3-4,6-7,9-10,17,24-25H,2,5,8,11-13H2. The lowest BCUT2D eigenvalue weighted by Gasteiger charge is -2.27. The van der Waals surface area contributed by atoms with Gasteiger partial charge in [-0.3, -0.25) is 0 Å². The molecule has 4 nitrogen and oxygen atoms in total. The number of aliphatic hydroxyl groups is 1. The van der Waals surface area contributed by atoms with Crippen LogP contribution in [0.2, 0.25) is 0 Å². The maximum atomic E-state index is 12.7. The maximum absolute atomic E-state index is 12.7. The molecule has 0 spiro atoms. The van der Waals surface area contributed by atoms with E-state index in [1.165, 1.54) is 11.1 Å². The largest absolute Gasteiger partial charge is 0.416 e. The summed E-state index contributed by atoms with van der Waals surface area (Å²) in [4.78, 5) is -0.178. The first-order valence-electron chi connectivity index (χ1n) is 9.11. The van der Waals surface area contributed by atoms with Crippen LogP contribution in [0.1, 0.15) is 35.1 Å². The number of sulfonamides is 1. The van der Waals surface area contributed by atoms with Crippen LogP contribution in [0.5, 0.6) is 0 Å². The quantitative estimate of drug-likeness (QED) is 0.762. The Kier molecular flexibility index (Phi) is 6.12. The summed E-state index contributed by atoms with van der Waals surface area (Å²) in [5.41, 5.74) is 2.58. The van der Waals surface area contributed by atoms with Gasteiger partial charge in [0.05, 0.1) is 10.5 Å². The molecule has 0 aliphatic heterocycles. The lowest BCUT2D eigenvalue weighted by atomic mass is 9.85. The van der Waals surface area contributed by atoms with E-state index in [0.717, 1.165) is 42.7 Å². The van der Waals surface area contributed by atoms with Gasteiger partial charge in [0.2, 0.25) is 10.0 Å². The third-order valence-electron chi connectivity index (χ3n) is 5.00. The van der Waals surface area contributed by atoms with E-state index in [0.29, 0.717) is 19.3 Å². The Morgan fingerprint density at radius 1 is 1.11 bits per heavy atom. The van der Waals surface area contributed by atoms with Crippen LogP contribution >= 0.6 is 0 Å². The van der Waals surface area contributed by atoms with E-state index < -0.39 is 21.8 Å². The maximum Gasteiger partial charge on any atom is 0.416 e. The Hall–Kier alpha value is -1.90. The number of alkyl halides is 3. The fourth-order valence-electron chi connectivity index (χ4n) is 3.60. The molecular weight excluding hydrogens is 391 g/mol. The fraction of sp³-hybridized carbons (Fsp3) is 0.400. The molecule has 8 heteroatoms. The smallest absolute Gasteiger partial charge is 0.396 e. The van der Waals surface area contributed by atoms with Crippen molar-refractivity contribution in [3.63, 3.8) is 0 Å². The van der Waals surface area contributed by atoms with Crippen LogP contribution in [0, 0.1) is 0 Å². The van der Waals surface area contributed by atoms with Gasteiger partial charge in [0.15, 0.2) is 0 Å². The first kappa shape index (κ1) is 20.8. The number of aliphatic hydroxyl groups excluding tert-OH is 1. The highest BCUT2D eigenvalue weighted by Gasteiger charge is 2.31. The molecule has 0 heterocycles. The minimum Gasteiger partial charge on any atom is -0.396 e. The number of aryl methyl sites for hydroxylation is 1. The molecule has 0 aromatic heterocycles. The highest BCUT2D eigenvalue weighted by molar-refractivity contribution is 7.89. The minimum absolute atomic E-state index is 0.124. The van der Waals surface area contributed by atoms with E-state index in [-0.39, 0.29) is 17.5 Å². The van der Waals surface area contributed by atoms with Gasteiger partial charge in [-0.25, -0.2) is 13.1 Å². The predicted octanol–water partition coefficient (Wildman–Crippen LogP) is 3.47. The van der Waals surface area contributed by atoms with Gasteiger partial charge in [-0.05, 0) is 73.1 Å². The third kappa shape index (κ3) is 4.74. The van der Waals surface area contributed by atoms with Crippen LogP contribution in [-0.4, -0.2) is 26.2 Å². The van der Waals surface area contributed by atoms with Gasteiger partial charge in [0, 0.05) is 12.6 Å². The SMILES string of the molecule is O=S(=O)(NC1CCc2c(CCCO)cccc2C1)c1ccc(C(F)(F)F)cc1. The van der Waals surface area contributed by atoms with Crippen molar-refractivity contribution in [2.24, 2.45) is 0 Å². The number of hydrogen-bond donors (Lipinski definition) is 2. The summed E-state index contributed by atoms with van der Waals surface area (Å²) in [5, 5.41) is 9.03. The second-order valence-corrected chi connectivity index (χ2v) is 8.68. The van der Waals surface area contributed by atoms with Crippen LogP contribution in [0.4, 0.5) is 13.2 Å². The zero-order valence-corrected chi connectivity index (χ0v) is 16.0. The van der Waals surface area contributed by atoms with Crippen LogP contribution in [0.3, 0.4) is 0 Å². The molecule has 152 valence electrons. The molecule has 2 aromatic rings. The Morgan fingerprint density at radius 3 is 2.46 bits per heavy atom. The van der Waals surface area contributed by atoms with Gasteiger partial charge in [0.1, 0.15) is 0 Å². The minimum atomic E-state index is -4.50. The molecule has 28 heavy (non-hydrogen) atoms. The van der Waals surface area contributed by atoms with E-state index in [1.54, 1.807) is 0 Å². The van der Waals surface area contributed by atoms with Crippen molar-refractivity contribution in [1.29, 1.82) is 0 Å². The molecule has 0 saturated heterocycles. The Bertz CT molecular complexity index is 925. The average Bonchev–Trinajstić information content (AvgIpc) is 2.65. The van der Waals surface area contributed by atoms with Crippen molar-refractivity contribution in [1.82, 2.24) is 4.72 Å². The number of benzene rings is 2. The summed E-state index contributed by atoms with van der Waals surface area (Å²) in [6.45, 7) is 0.124. The summed E-state index contributed by atoms with van der Waals surface area (Å²) >= 11 is 0. The molecule has 2 N–H and O–H groups in total. The molecule has 0 bridgehead atoms. The van der Waals surface area contributed by atoms with Gasteiger partial charge in [-0.1, -0.05) is 18.2 Å². The van der Waals surface area contributed by atoms with Crippen molar-refractivity contribution in [3.8, 4) is 0 Å². The van der Waals surface area contributed by atoms with E-state index in [2.05, 4.69) is 4.72 Å². The average molecular weight is 413 g/mol. The number of hydrogen-bond acceptors (Lipinski definition) is 3. The van der Waals surface area contributed by atoms with Gasteiger partial charge in [-0.15, -0.1) is 0 Å². The zero-order valence-electron chi connectivity index (χ0n) is 15.2. The van der Waals surface area contributed by atoms with E-state index >= 15 is 0 Å². The zero-order chi connectivity index (χ0) is 20.4. The van der Waals surface area contributed by atoms with Crippen LogP contribution in [0.15, 0.2) is 47.4 Å². The van der Waals surface area contributed by atoms with Gasteiger partial charge >= 0.3 is 6.18 Å². The normalized spacial score (nSPS) is 17.4. The van der Waals surface area contributed by atoms with Crippen molar-refractivity contribution in [2.45, 2.75) is 49.2 Å². The first-order chi connectivity index (χ1) is 13.2. The van der Waals surface area contributed by atoms with Crippen LogP contribution in [-0.2, 0) is 35.5 Å². The number of fused-ring (bicyclic) bond motifs is 1. The van der Waals surface area contributed by atoms with E-state index in [4.69, 9.17) is 5.11 Å². The first-order valence-corrected chi connectivity index (χ1v) is 10.6. The van der Waals surface area contributed by atoms with Crippen molar-refractivity contribution in [2.75, 3.05) is 6.61 Å². The highest BCUT2D eigenvalue weighted by Crippen LogP contribution is 2.30. The van der Waals surface area contributed by atoms with Crippen molar-refractivity contribution < 1.29 is 26.7 Å². The summed E-state index contributed by atoms with van der Waals surface area (Å²) < 4.78 is 65.7. The summed E-state index contributed by atoms with van der Waals surface area (Å²) in [6, 6.07) is 9.13. The molecule has 2 aromatic carbocycles. The summed E-state index contributed by atoms with van der Waals surface area (Å²) in [6.07, 6.45) is -1.18.